The van der Waals surface area contributed by atoms with Crippen LogP contribution in [0.2, 0.25) is 0 Å². The molecule has 23 heteroatoms. The van der Waals surface area contributed by atoms with Crippen molar-refractivity contribution in [1.82, 2.24) is 14.9 Å². The first kappa shape index (κ1) is 62.5. The number of hydrogen-bond donors (Lipinski definition) is 8. The van der Waals surface area contributed by atoms with Crippen molar-refractivity contribution < 1.29 is 85.1 Å². The molecule has 4 saturated heterocycles. The number of nitrogens with zero attached hydrogens (tertiary/aromatic N) is 1. The van der Waals surface area contributed by atoms with Crippen LogP contribution in [0.5, 0.6) is 0 Å². The summed E-state index contributed by atoms with van der Waals surface area (Å²) in [6.07, 6.45) is -13.2. The van der Waals surface area contributed by atoms with Gasteiger partial charge in [-0.1, -0.05) is 20.8 Å². The molecule has 74 heavy (non-hydrogen) atoms. The van der Waals surface area contributed by atoms with E-state index in [1.54, 1.807) is 48.5 Å². The van der Waals surface area contributed by atoms with Crippen LogP contribution >= 0.6 is 0 Å². The zero-order valence-corrected chi connectivity index (χ0v) is 46.1. The van der Waals surface area contributed by atoms with E-state index in [1.165, 1.54) is 28.0 Å². The predicted molar refractivity (Wildman–Crippen MR) is 268 cm³/mol. The van der Waals surface area contributed by atoms with Crippen molar-refractivity contribution in [3.63, 3.8) is 0 Å². The minimum Gasteiger partial charge on any atom is -0.459 e. The van der Waals surface area contributed by atoms with E-state index in [0.29, 0.717) is 12.5 Å². The van der Waals surface area contributed by atoms with Crippen LogP contribution in [-0.4, -0.2) is 181 Å². The fraction of sp³-hybridized carbons (Fsp3) is 0.863. The van der Waals surface area contributed by atoms with Crippen molar-refractivity contribution in [3.05, 3.63) is 29.8 Å². The van der Waals surface area contributed by atoms with Crippen molar-refractivity contribution in [2.75, 3.05) is 51.7 Å². The van der Waals surface area contributed by atoms with Gasteiger partial charge in [-0.25, -0.2) is 0 Å². The molecule has 4 aliphatic heterocycles. The van der Waals surface area contributed by atoms with E-state index in [0.717, 1.165) is 61.0 Å². The number of halogens is 3. The molecule has 18 atom stereocenters. The molecule has 1 aromatic carbocycles. The lowest BCUT2D eigenvalue weighted by Crippen LogP contribution is -2.70. The Hall–Kier alpha value is -2.33. The van der Waals surface area contributed by atoms with E-state index in [9.17, 15) is 51.9 Å². The Labute approximate surface area is 436 Å². The minimum absolute atomic E-state index is 0.0116. The van der Waals surface area contributed by atoms with Gasteiger partial charge >= 0.3 is 22.4 Å². The molecule has 8 N–H and O–H groups in total. The molecule has 0 aliphatic carbocycles. The number of likely N-dealkylation sites (N-methyl/N-ethyl adjacent to an activating group) is 1. The van der Waals surface area contributed by atoms with Gasteiger partial charge < -0.3 is 69.3 Å². The second-order valence-corrected chi connectivity index (χ2v) is 24.0. The Morgan fingerprint density at radius 3 is 2.18 bits per heavy atom. The molecule has 0 saturated carbocycles. The maximum atomic E-state index is 14.6. The number of cyclic esters (lactones) is 1. The van der Waals surface area contributed by atoms with Gasteiger partial charge in [0.25, 0.3) is 0 Å². The maximum Gasteiger partial charge on any atom is 0.416 e. The van der Waals surface area contributed by atoms with E-state index in [1.807, 2.05) is 6.92 Å². The summed E-state index contributed by atoms with van der Waals surface area (Å²) >= 11 is 0. The third-order valence-electron chi connectivity index (χ3n) is 16.3. The Bertz CT molecular complexity index is 2060. The summed E-state index contributed by atoms with van der Waals surface area (Å²) in [4.78, 5) is 14.6. The molecule has 0 amide bonds. The fourth-order valence-corrected chi connectivity index (χ4v) is 12.5. The molecule has 4 heterocycles. The second kappa shape index (κ2) is 25.2. The average Bonchev–Trinajstić information content (AvgIpc) is 3.33. The highest BCUT2D eigenvalue weighted by Gasteiger charge is 2.58. The van der Waals surface area contributed by atoms with Crippen molar-refractivity contribution in [3.8, 4) is 0 Å². The van der Waals surface area contributed by atoms with Gasteiger partial charge in [0.05, 0.1) is 47.5 Å². The maximum absolute atomic E-state index is 14.6. The number of rotatable bonds is 15. The van der Waals surface area contributed by atoms with Gasteiger partial charge in [0.1, 0.15) is 35.1 Å². The molecule has 0 radical (unpaired) electrons. The van der Waals surface area contributed by atoms with Crippen LogP contribution in [0.25, 0.3) is 0 Å². The number of nitrogens with one attached hydrogen (secondary N) is 3. The SMILES string of the molecule is CC[C@H]1OC(=O)[C@H](C)[C@@H](O[C@H]2C[C@@](C)(OC)[C@](O)(CNCCC3CCOCC3)[C@H](C)O2)[C@H](C)[C@@H](O[C@@H]2O[C@H](C)C[C@H](N(C)S(=O)(=O)Nc3ccc(C(F)(F)F)cc3)[C@H]2O)[C@](C)(O)C[C@@H](C)CN[C@H](C)[C@@H](O)[C@]1(C)O. The van der Waals surface area contributed by atoms with Gasteiger partial charge in [0.15, 0.2) is 12.6 Å². The molecule has 4 fully saturated rings. The fourth-order valence-electron chi connectivity index (χ4n) is 11.3. The Morgan fingerprint density at radius 2 is 1.58 bits per heavy atom. The normalized spacial score (nSPS) is 41.0. The highest BCUT2D eigenvalue weighted by Crippen LogP contribution is 2.44. The first-order valence-corrected chi connectivity index (χ1v) is 27.6. The van der Waals surface area contributed by atoms with Crippen LogP contribution in [0.3, 0.4) is 0 Å². The van der Waals surface area contributed by atoms with Crippen LogP contribution in [0, 0.1) is 23.7 Å². The number of anilines is 1. The van der Waals surface area contributed by atoms with Crippen LogP contribution in [0.15, 0.2) is 24.3 Å². The number of aliphatic hydroxyl groups excluding tert-OH is 2. The molecule has 19 nitrogen and oxygen atoms in total. The lowest BCUT2D eigenvalue weighted by molar-refractivity contribution is -0.336. The van der Waals surface area contributed by atoms with Crippen molar-refractivity contribution >= 4 is 21.9 Å². The van der Waals surface area contributed by atoms with Crippen LogP contribution < -0.4 is 15.4 Å². The number of carbonyl (C=O) groups is 1. The van der Waals surface area contributed by atoms with Crippen LogP contribution in [0.1, 0.15) is 120 Å². The number of methoxy groups -OCH3 is 1. The standard InChI is InChI=1S/C51H87F3N4O15S/c1-13-39-49(10,63)43(60)33(6)56-27-29(2)25-47(8,62)44(73-46-41(59)38(24-30(3)69-46)58(11)74(65,66)57-37-16-14-36(15-17-37)51(52,53)54)31(4)42(32(5)45(61)71-39)72-40-26-48(9,67-12)50(64,34(7)70-40)28-55-21-18-35-19-22-68-23-20-35/h14-17,29-35,38-44,46,55-57,59-60,62-64H,13,18-28H2,1-12H3/t29-,30-,31+,32-,33-,34+,38+,39-,40+,41-,42+,43-,44-,46+,47-,48-,49-,50+/m1/s1. The summed E-state index contributed by atoms with van der Waals surface area (Å²) < 4.78 is 115. The number of carbonyl (C=O) groups excluding carboxylic acids is 1. The molecule has 0 bridgehead atoms. The molecule has 0 aromatic heterocycles. The largest absolute Gasteiger partial charge is 0.459 e. The molecule has 5 rings (SSSR count). The lowest BCUT2D eigenvalue weighted by Gasteiger charge is -2.53. The number of esters is 1. The molecule has 1 aromatic rings. The first-order chi connectivity index (χ1) is 34.3. The van der Waals surface area contributed by atoms with E-state index < -0.39 is 130 Å². The van der Waals surface area contributed by atoms with Gasteiger partial charge in [0.2, 0.25) is 0 Å². The minimum atomic E-state index is -4.65. The summed E-state index contributed by atoms with van der Waals surface area (Å²) in [5, 5.41) is 67.3. The molecule has 4 aliphatic rings. The van der Waals surface area contributed by atoms with E-state index in [-0.39, 0.29) is 50.4 Å². The Kier molecular flexibility index (Phi) is 21.3. The quantitative estimate of drug-likeness (QED) is 0.0910. The van der Waals surface area contributed by atoms with E-state index in [2.05, 4.69) is 15.4 Å². The number of hydrogen-bond acceptors (Lipinski definition) is 17. The molecule has 428 valence electrons. The van der Waals surface area contributed by atoms with Gasteiger partial charge in [-0.05, 0) is 136 Å². The third-order valence-corrected chi connectivity index (χ3v) is 17.8. The predicted octanol–water partition coefficient (Wildman–Crippen LogP) is 4.08. The summed E-state index contributed by atoms with van der Waals surface area (Å²) in [5.74, 6) is -2.93. The topological polar surface area (TPSA) is 256 Å². The number of ether oxygens (including phenoxy) is 7. The lowest BCUT2D eigenvalue weighted by atomic mass is 9.75. The smallest absolute Gasteiger partial charge is 0.416 e. The van der Waals surface area contributed by atoms with Gasteiger partial charge in [-0.2, -0.15) is 25.9 Å². The summed E-state index contributed by atoms with van der Waals surface area (Å²) in [7, 11) is -1.85. The average molecular weight is 1090 g/mol. The van der Waals surface area contributed by atoms with Gasteiger partial charge in [-0.15, -0.1) is 0 Å². The number of alkyl halides is 3. The summed E-state index contributed by atoms with van der Waals surface area (Å²) in [6, 6.07) is 1.48. The molecular weight excluding hydrogens is 998 g/mol. The van der Waals surface area contributed by atoms with Crippen molar-refractivity contribution in [1.29, 1.82) is 0 Å². The summed E-state index contributed by atoms with van der Waals surface area (Å²) in [5.41, 5.74) is -7.75. The second-order valence-electron chi connectivity index (χ2n) is 22.3. The number of aliphatic hydroxyl groups is 5. The molecule has 0 unspecified atom stereocenters. The van der Waals surface area contributed by atoms with E-state index in [4.69, 9.17) is 33.2 Å². The Morgan fingerprint density at radius 1 is 0.946 bits per heavy atom. The van der Waals surface area contributed by atoms with Gasteiger partial charge in [-0.3, -0.25) is 9.52 Å². The molecule has 0 spiro atoms. The van der Waals surface area contributed by atoms with Crippen molar-refractivity contribution in [2.45, 2.75) is 210 Å². The zero-order valence-electron chi connectivity index (χ0n) is 45.3. The van der Waals surface area contributed by atoms with Crippen LogP contribution in [-0.2, 0) is 54.3 Å². The highest BCUT2D eigenvalue weighted by atomic mass is 32.2. The first-order valence-electron chi connectivity index (χ1n) is 26.2. The number of benzene rings is 1. The van der Waals surface area contributed by atoms with Gasteiger partial charge in [0, 0.05) is 58.0 Å². The Balaban J connectivity index is 1.50. The van der Waals surface area contributed by atoms with Crippen LogP contribution in [0.4, 0.5) is 18.9 Å². The highest BCUT2D eigenvalue weighted by molar-refractivity contribution is 7.90. The van der Waals surface area contributed by atoms with Crippen molar-refractivity contribution in [2.24, 2.45) is 23.7 Å². The zero-order chi connectivity index (χ0) is 55.4. The summed E-state index contributed by atoms with van der Waals surface area (Å²) in [6.45, 7) is 18.9. The molecular formula is C51H87F3N4O15S. The monoisotopic (exact) mass is 1080 g/mol. The third kappa shape index (κ3) is 14.7. The van der Waals surface area contributed by atoms with E-state index >= 15 is 0 Å².